The summed E-state index contributed by atoms with van der Waals surface area (Å²) >= 11 is 1.73. The number of benzene rings is 1. The van der Waals surface area contributed by atoms with Gasteiger partial charge in [-0.25, -0.2) is 4.98 Å². The molecular formula is C16H17N3S. The van der Waals surface area contributed by atoms with E-state index in [0.29, 0.717) is 0 Å². The van der Waals surface area contributed by atoms with E-state index in [1.165, 1.54) is 21.3 Å². The van der Waals surface area contributed by atoms with Gasteiger partial charge in [0.25, 0.3) is 0 Å². The van der Waals surface area contributed by atoms with Crippen LogP contribution in [0, 0.1) is 6.92 Å². The maximum absolute atomic E-state index is 4.57. The fourth-order valence-electron chi connectivity index (χ4n) is 2.48. The summed E-state index contributed by atoms with van der Waals surface area (Å²) in [5.74, 6) is 0. The average Bonchev–Trinajstić information content (AvgIpc) is 2.89. The monoisotopic (exact) mass is 283 g/mol. The van der Waals surface area contributed by atoms with E-state index in [9.17, 15) is 0 Å². The van der Waals surface area contributed by atoms with Gasteiger partial charge in [0.1, 0.15) is 0 Å². The van der Waals surface area contributed by atoms with Crippen LogP contribution in [0.5, 0.6) is 0 Å². The van der Waals surface area contributed by atoms with Gasteiger partial charge in [-0.15, -0.1) is 11.3 Å². The highest BCUT2D eigenvalue weighted by Crippen LogP contribution is 2.26. The minimum Gasteiger partial charge on any atom is -0.313 e. The van der Waals surface area contributed by atoms with Crippen LogP contribution in [0.4, 0.5) is 0 Å². The highest BCUT2D eigenvalue weighted by molar-refractivity contribution is 7.09. The number of rotatable bonds is 4. The number of hydrogen-bond donors (Lipinski definition) is 1. The molecule has 1 aromatic carbocycles. The fraction of sp³-hybridized carbons (Fsp3) is 0.250. The van der Waals surface area contributed by atoms with Crippen LogP contribution in [0.2, 0.25) is 0 Å². The summed E-state index contributed by atoms with van der Waals surface area (Å²) in [4.78, 5) is 8.83. The third-order valence-electron chi connectivity index (χ3n) is 3.49. The third kappa shape index (κ3) is 2.57. The predicted molar refractivity (Wildman–Crippen MR) is 84.1 cm³/mol. The Morgan fingerprint density at radius 3 is 2.95 bits per heavy atom. The first-order valence-corrected chi connectivity index (χ1v) is 7.57. The van der Waals surface area contributed by atoms with E-state index in [-0.39, 0.29) is 6.04 Å². The van der Waals surface area contributed by atoms with Gasteiger partial charge in [-0.2, -0.15) is 0 Å². The molecule has 0 radical (unpaired) electrons. The van der Waals surface area contributed by atoms with Crippen LogP contribution in [0.3, 0.4) is 0 Å². The minimum absolute atomic E-state index is 0.258. The molecule has 102 valence electrons. The number of thiazole rings is 1. The number of hydrogen-bond acceptors (Lipinski definition) is 4. The maximum atomic E-state index is 4.57. The van der Waals surface area contributed by atoms with Gasteiger partial charge in [0, 0.05) is 41.3 Å². The lowest BCUT2D eigenvalue weighted by Gasteiger charge is -2.17. The Kier molecular flexibility index (Phi) is 3.76. The van der Waals surface area contributed by atoms with Crippen molar-refractivity contribution in [2.45, 2.75) is 19.4 Å². The second-order valence-corrected chi connectivity index (χ2v) is 5.81. The first-order chi connectivity index (χ1) is 9.78. The van der Waals surface area contributed by atoms with Gasteiger partial charge in [-0.1, -0.05) is 18.2 Å². The molecule has 0 fully saturated rings. The summed E-state index contributed by atoms with van der Waals surface area (Å²) in [6.07, 6.45) is 4.69. The van der Waals surface area contributed by atoms with Crippen LogP contribution < -0.4 is 5.32 Å². The van der Waals surface area contributed by atoms with E-state index < -0.39 is 0 Å². The fourth-order valence-corrected chi connectivity index (χ4v) is 3.30. The van der Waals surface area contributed by atoms with Gasteiger partial charge in [-0.3, -0.25) is 4.98 Å². The smallest absolute Gasteiger partial charge is 0.0947 e. The van der Waals surface area contributed by atoms with Crippen molar-refractivity contribution in [3.63, 3.8) is 0 Å². The quantitative estimate of drug-likeness (QED) is 0.796. The lowest BCUT2D eigenvalue weighted by atomic mass is 9.98. The van der Waals surface area contributed by atoms with Crippen molar-refractivity contribution in [2.24, 2.45) is 0 Å². The molecule has 0 bridgehead atoms. The molecule has 4 heteroatoms. The normalized spacial score (nSPS) is 12.7. The molecule has 0 aliphatic carbocycles. The van der Waals surface area contributed by atoms with E-state index in [1.54, 1.807) is 11.3 Å². The molecule has 3 nitrogen and oxygen atoms in total. The molecule has 3 rings (SSSR count). The molecule has 0 aliphatic rings. The van der Waals surface area contributed by atoms with Gasteiger partial charge in [0.2, 0.25) is 0 Å². The van der Waals surface area contributed by atoms with E-state index >= 15 is 0 Å². The summed E-state index contributed by atoms with van der Waals surface area (Å²) in [6, 6.07) is 8.72. The van der Waals surface area contributed by atoms with Gasteiger partial charge in [-0.05, 0) is 31.0 Å². The highest BCUT2D eigenvalue weighted by Gasteiger charge is 2.14. The molecule has 2 aromatic heterocycles. The molecule has 0 amide bonds. The number of nitrogens with one attached hydrogen (secondary N) is 1. The number of fused-ring (bicyclic) bond motifs is 1. The van der Waals surface area contributed by atoms with Crippen molar-refractivity contribution < 1.29 is 0 Å². The van der Waals surface area contributed by atoms with Crippen molar-refractivity contribution in [3.05, 3.63) is 58.3 Å². The Bertz CT molecular complexity index is 715. The molecule has 20 heavy (non-hydrogen) atoms. The van der Waals surface area contributed by atoms with Crippen molar-refractivity contribution in [1.29, 1.82) is 0 Å². The summed E-state index contributed by atoms with van der Waals surface area (Å²) in [6.45, 7) is 2.04. The zero-order chi connectivity index (χ0) is 13.9. The zero-order valence-corrected chi connectivity index (χ0v) is 12.4. The molecule has 0 aliphatic heterocycles. The van der Waals surface area contributed by atoms with Crippen LogP contribution in [0.15, 0.2) is 42.0 Å². The second-order valence-electron chi connectivity index (χ2n) is 4.87. The van der Waals surface area contributed by atoms with E-state index in [4.69, 9.17) is 0 Å². The third-order valence-corrected chi connectivity index (χ3v) is 4.48. The highest BCUT2D eigenvalue weighted by atomic mass is 32.1. The Morgan fingerprint density at radius 2 is 2.20 bits per heavy atom. The second kappa shape index (κ2) is 5.69. The standard InChI is InChI=1S/C16H17N3S/c1-11-10-20-16(19-11)8-15(17-2)13-5-3-4-12-6-7-18-9-14(12)13/h3-7,9-10,15,17H,8H2,1-2H3. The Balaban J connectivity index is 1.98. The average molecular weight is 283 g/mol. The van der Waals surface area contributed by atoms with E-state index in [0.717, 1.165) is 12.1 Å². The van der Waals surface area contributed by atoms with Gasteiger partial charge in [0.05, 0.1) is 5.01 Å². The van der Waals surface area contributed by atoms with Crippen LogP contribution in [-0.2, 0) is 6.42 Å². The Hall–Kier alpha value is -1.78. The predicted octanol–water partition coefficient (Wildman–Crippen LogP) is 3.50. The van der Waals surface area contributed by atoms with Crippen molar-refractivity contribution in [2.75, 3.05) is 7.05 Å². The molecule has 0 saturated heterocycles. The van der Waals surface area contributed by atoms with Crippen molar-refractivity contribution in [1.82, 2.24) is 15.3 Å². The van der Waals surface area contributed by atoms with Crippen LogP contribution in [-0.4, -0.2) is 17.0 Å². The van der Waals surface area contributed by atoms with Gasteiger partial charge >= 0.3 is 0 Å². The van der Waals surface area contributed by atoms with E-state index in [2.05, 4.69) is 44.9 Å². The van der Waals surface area contributed by atoms with Gasteiger partial charge < -0.3 is 5.32 Å². The minimum atomic E-state index is 0.258. The van der Waals surface area contributed by atoms with Crippen LogP contribution in [0.25, 0.3) is 10.8 Å². The number of aromatic nitrogens is 2. The largest absolute Gasteiger partial charge is 0.313 e. The molecule has 1 unspecified atom stereocenters. The number of nitrogens with zero attached hydrogens (tertiary/aromatic N) is 2. The molecule has 3 aromatic rings. The van der Waals surface area contributed by atoms with Crippen LogP contribution >= 0.6 is 11.3 Å². The number of likely N-dealkylation sites (N-methyl/N-ethyl adjacent to an activating group) is 1. The first-order valence-electron chi connectivity index (χ1n) is 6.69. The number of aryl methyl sites for hydroxylation is 1. The lowest BCUT2D eigenvalue weighted by Crippen LogP contribution is -2.19. The van der Waals surface area contributed by atoms with Crippen molar-refractivity contribution in [3.8, 4) is 0 Å². The van der Waals surface area contributed by atoms with Crippen molar-refractivity contribution >= 4 is 22.1 Å². The zero-order valence-electron chi connectivity index (χ0n) is 11.6. The maximum Gasteiger partial charge on any atom is 0.0947 e. The summed E-state index contributed by atoms with van der Waals surface area (Å²) in [7, 11) is 2.00. The topological polar surface area (TPSA) is 37.8 Å². The first kappa shape index (κ1) is 13.2. The molecule has 1 atom stereocenters. The Morgan fingerprint density at radius 1 is 1.30 bits per heavy atom. The molecule has 2 heterocycles. The summed E-state index contributed by atoms with van der Waals surface area (Å²) in [5.41, 5.74) is 2.38. The van der Waals surface area contributed by atoms with Crippen LogP contribution in [0.1, 0.15) is 22.3 Å². The van der Waals surface area contributed by atoms with E-state index in [1.807, 2.05) is 26.4 Å². The lowest BCUT2D eigenvalue weighted by molar-refractivity contribution is 0.594. The summed E-state index contributed by atoms with van der Waals surface area (Å²) < 4.78 is 0. The SMILES string of the molecule is CNC(Cc1nc(C)cs1)c1cccc2ccncc12. The molecule has 0 spiro atoms. The molecule has 0 saturated carbocycles. The summed E-state index contributed by atoms with van der Waals surface area (Å²) in [5, 5.41) is 9.12. The van der Waals surface area contributed by atoms with Gasteiger partial charge in [0.15, 0.2) is 0 Å². The molecule has 1 N–H and O–H groups in total. The molecular weight excluding hydrogens is 266 g/mol. The Labute approximate surface area is 122 Å². The number of pyridine rings is 1.